The first-order chi connectivity index (χ1) is 10.2. The van der Waals surface area contributed by atoms with E-state index in [1.165, 1.54) is 4.31 Å². The molecule has 2 aromatic heterocycles. The van der Waals surface area contributed by atoms with E-state index in [1.54, 1.807) is 18.6 Å². The molecule has 2 heterocycles. The van der Waals surface area contributed by atoms with E-state index in [-0.39, 0.29) is 6.03 Å². The normalized spacial score (nSPS) is 10.5. The van der Waals surface area contributed by atoms with Crippen LogP contribution in [0.4, 0.5) is 10.5 Å². The van der Waals surface area contributed by atoms with E-state index in [4.69, 9.17) is 0 Å². The molecule has 2 amide bonds. The Morgan fingerprint density at radius 3 is 3.00 bits per heavy atom. The number of aromatic nitrogens is 3. The van der Waals surface area contributed by atoms with Gasteiger partial charge in [-0.3, -0.25) is 4.98 Å². The monoisotopic (exact) mass is 299 g/mol. The molecule has 0 aliphatic carbocycles. The van der Waals surface area contributed by atoms with Gasteiger partial charge in [0.15, 0.2) is 0 Å². The molecule has 0 unspecified atom stereocenters. The number of H-pyrrole nitrogens is 1. The number of pyridine rings is 1. The minimum Gasteiger partial charge on any atom is -0.345 e. The Morgan fingerprint density at radius 1 is 1.29 bits per heavy atom. The molecule has 0 saturated carbocycles. The molecule has 0 aliphatic heterocycles. The summed E-state index contributed by atoms with van der Waals surface area (Å²) in [6.07, 6.45) is 3.30. The molecule has 3 rings (SSSR count). The summed E-state index contributed by atoms with van der Waals surface area (Å²) in [5, 5.41) is 2.76. The zero-order valence-corrected chi connectivity index (χ0v) is 11.9. The quantitative estimate of drug-likeness (QED) is 0.651. The molecule has 21 heavy (non-hydrogen) atoms. The number of fused-ring (bicyclic) bond motifs is 1. The summed E-state index contributed by atoms with van der Waals surface area (Å²) in [7, 11) is 0. The number of carbonyl (C=O) groups is 1. The number of hydrogen-bond donors (Lipinski definition) is 3. The fourth-order valence-corrected chi connectivity index (χ4v) is 2.11. The van der Waals surface area contributed by atoms with Gasteiger partial charge in [0.05, 0.1) is 35.3 Å². The summed E-state index contributed by atoms with van der Waals surface area (Å²) < 4.78 is 1.25. The van der Waals surface area contributed by atoms with Crippen LogP contribution in [0.15, 0.2) is 48.9 Å². The van der Waals surface area contributed by atoms with E-state index in [9.17, 15) is 4.79 Å². The molecule has 2 N–H and O–H groups in total. The number of imidazole rings is 1. The first kappa shape index (κ1) is 13.4. The zero-order valence-electron chi connectivity index (χ0n) is 11.0. The van der Waals surface area contributed by atoms with E-state index >= 15 is 0 Å². The average Bonchev–Trinajstić information content (AvgIpc) is 3.00. The van der Waals surface area contributed by atoms with Crippen molar-refractivity contribution in [2.45, 2.75) is 6.54 Å². The van der Waals surface area contributed by atoms with E-state index in [0.29, 0.717) is 12.2 Å². The number of nitrogens with zero attached hydrogens (tertiary/aromatic N) is 3. The summed E-state index contributed by atoms with van der Waals surface area (Å²) in [4.78, 5) is 23.4. The maximum atomic E-state index is 12.1. The van der Waals surface area contributed by atoms with Gasteiger partial charge < -0.3 is 10.3 Å². The molecule has 3 aromatic rings. The summed E-state index contributed by atoms with van der Waals surface area (Å²) in [6, 6.07) is 10.7. The van der Waals surface area contributed by atoms with Crippen molar-refractivity contribution < 1.29 is 4.79 Å². The maximum absolute atomic E-state index is 12.1. The molecule has 106 valence electrons. The largest absolute Gasteiger partial charge is 0.345 e. The summed E-state index contributed by atoms with van der Waals surface area (Å²) in [5.74, 6) is 0. The van der Waals surface area contributed by atoms with Crippen LogP contribution in [-0.4, -0.2) is 21.0 Å². The third-order valence-corrected chi connectivity index (χ3v) is 3.40. The molecule has 0 radical (unpaired) electrons. The summed E-state index contributed by atoms with van der Waals surface area (Å²) in [6.45, 7) is 0.350. The fraction of sp³-hybridized carbons (Fsp3) is 0.0714. The molecular formula is C14H13N5OS. The Morgan fingerprint density at radius 2 is 2.19 bits per heavy atom. The van der Waals surface area contributed by atoms with Gasteiger partial charge >= 0.3 is 6.03 Å². The number of carbonyl (C=O) groups excluding carboxylic acids is 1. The van der Waals surface area contributed by atoms with Crippen LogP contribution in [-0.2, 0) is 6.54 Å². The molecule has 0 aliphatic rings. The third-order valence-electron chi connectivity index (χ3n) is 2.99. The Bertz CT molecular complexity index is 758. The highest BCUT2D eigenvalue weighted by molar-refractivity contribution is 7.82. The van der Waals surface area contributed by atoms with Crippen molar-refractivity contribution in [1.29, 1.82) is 0 Å². The predicted octanol–water partition coefficient (Wildman–Crippen LogP) is 2.52. The molecule has 1 aromatic carbocycles. The molecule has 0 atom stereocenters. The summed E-state index contributed by atoms with van der Waals surface area (Å²) >= 11 is 4.23. The number of hydrogen-bond acceptors (Lipinski definition) is 4. The number of amides is 2. The van der Waals surface area contributed by atoms with Crippen molar-refractivity contribution in [3.8, 4) is 0 Å². The number of nitrogens with one attached hydrogen (secondary N) is 2. The van der Waals surface area contributed by atoms with Gasteiger partial charge in [-0.2, -0.15) is 0 Å². The minimum absolute atomic E-state index is 0.317. The second-order valence-electron chi connectivity index (χ2n) is 4.40. The van der Waals surface area contributed by atoms with Crippen LogP contribution in [0, 0.1) is 0 Å². The fourth-order valence-electron chi connectivity index (χ4n) is 1.92. The van der Waals surface area contributed by atoms with Crippen molar-refractivity contribution in [2.75, 3.05) is 4.31 Å². The highest BCUT2D eigenvalue weighted by Gasteiger charge is 2.12. The van der Waals surface area contributed by atoms with Crippen molar-refractivity contribution in [3.05, 3.63) is 54.6 Å². The van der Waals surface area contributed by atoms with Gasteiger partial charge in [0.1, 0.15) is 0 Å². The third kappa shape index (κ3) is 2.97. The van der Waals surface area contributed by atoms with Crippen LogP contribution in [0.5, 0.6) is 0 Å². The maximum Gasteiger partial charge on any atom is 0.332 e. The molecule has 0 bridgehead atoms. The van der Waals surface area contributed by atoms with Crippen molar-refractivity contribution >= 4 is 35.6 Å². The molecule has 6 nitrogen and oxygen atoms in total. The number of aromatic amines is 1. The zero-order chi connectivity index (χ0) is 14.7. The second-order valence-corrected chi connectivity index (χ2v) is 4.80. The van der Waals surface area contributed by atoms with E-state index < -0.39 is 0 Å². The van der Waals surface area contributed by atoms with Crippen LogP contribution < -0.4 is 9.62 Å². The number of rotatable bonds is 3. The molecule has 0 spiro atoms. The number of anilines is 1. The van der Waals surface area contributed by atoms with E-state index in [2.05, 4.69) is 33.1 Å². The smallest absolute Gasteiger partial charge is 0.332 e. The highest BCUT2D eigenvalue weighted by Crippen LogP contribution is 2.21. The molecule has 7 heteroatoms. The van der Waals surface area contributed by atoms with Crippen LogP contribution >= 0.6 is 12.8 Å². The van der Waals surface area contributed by atoms with Gasteiger partial charge in [-0.25, -0.2) is 14.1 Å². The van der Waals surface area contributed by atoms with Crippen molar-refractivity contribution in [3.63, 3.8) is 0 Å². The van der Waals surface area contributed by atoms with Gasteiger partial charge in [-0.05, 0) is 30.3 Å². The minimum atomic E-state index is -0.317. The van der Waals surface area contributed by atoms with Crippen LogP contribution in [0.3, 0.4) is 0 Å². The lowest BCUT2D eigenvalue weighted by molar-refractivity contribution is 0.249. The lowest BCUT2D eigenvalue weighted by atomic mass is 10.3. The Balaban J connectivity index is 1.68. The van der Waals surface area contributed by atoms with Crippen LogP contribution in [0.2, 0.25) is 0 Å². The Kier molecular flexibility index (Phi) is 3.74. The highest BCUT2D eigenvalue weighted by atomic mass is 32.1. The first-order valence-corrected chi connectivity index (χ1v) is 6.74. The lowest BCUT2D eigenvalue weighted by Gasteiger charge is -2.16. The number of urea groups is 1. The van der Waals surface area contributed by atoms with Gasteiger partial charge in [0, 0.05) is 6.20 Å². The van der Waals surface area contributed by atoms with Crippen molar-refractivity contribution in [1.82, 2.24) is 20.3 Å². The van der Waals surface area contributed by atoms with Gasteiger partial charge in [0.25, 0.3) is 0 Å². The summed E-state index contributed by atoms with van der Waals surface area (Å²) in [5.41, 5.74) is 3.14. The second kappa shape index (κ2) is 5.84. The van der Waals surface area contributed by atoms with Gasteiger partial charge in [-0.15, -0.1) is 0 Å². The standard InChI is InChI=1S/C14H13N5OS/c20-14(16-8-10-3-1-2-6-15-10)19(21)11-4-5-12-13(7-11)18-9-17-12/h1-7,9,21H,8H2,(H,16,20)(H,17,18). The van der Waals surface area contributed by atoms with Crippen LogP contribution in [0.25, 0.3) is 11.0 Å². The lowest BCUT2D eigenvalue weighted by Crippen LogP contribution is -2.33. The predicted molar refractivity (Wildman–Crippen MR) is 84.0 cm³/mol. The first-order valence-electron chi connectivity index (χ1n) is 6.34. The van der Waals surface area contributed by atoms with Crippen molar-refractivity contribution in [2.24, 2.45) is 0 Å². The van der Waals surface area contributed by atoms with E-state index in [0.717, 1.165) is 16.7 Å². The SMILES string of the molecule is O=C(NCc1ccccn1)N(S)c1ccc2nc[nH]c2c1. The van der Waals surface area contributed by atoms with E-state index in [1.807, 2.05) is 30.3 Å². The Hall–Kier alpha value is -2.54. The van der Waals surface area contributed by atoms with Gasteiger partial charge in [0.2, 0.25) is 0 Å². The molecule has 0 fully saturated rings. The average molecular weight is 299 g/mol. The number of benzene rings is 1. The van der Waals surface area contributed by atoms with Gasteiger partial charge in [-0.1, -0.05) is 18.9 Å². The number of thiol groups is 1. The topological polar surface area (TPSA) is 73.9 Å². The molecular weight excluding hydrogens is 286 g/mol. The van der Waals surface area contributed by atoms with Crippen LogP contribution in [0.1, 0.15) is 5.69 Å². The Labute approximate surface area is 126 Å². The molecule has 0 saturated heterocycles.